The fourth-order valence-electron chi connectivity index (χ4n) is 1.24. The molecule has 0 amide bonds. The largest absolute Gasteiger partial charge is 0.198 e. The van der Waals surface area contributed by atoms with Crippen LogP contribution in [0.1, 0.15) is 31.9 Å². The van der Waals surface area contributed by atoms with E-state index in [0.29, 0.717) is 6.42 Å². The second-order valence-electron chi connectivity index (χ2n) is 4.39. The van der Waals surface area contributed by atoms with Crippen LogP contribution >= 0.6 is 15.9 Å². The summed E-state index contributed by atoms with van der Waals surface area (Å²) in [7, 11) is 0. The van der Waals surface area contributed by atoms with E-state index in [-0.39, 0.29) is 5.41 Å². The number of nitriles is 1. The van der Waals surface area contributed by atoms with Gasteiger partial charge in [-0.25, -0.2) is 0 Å². The van der Waals surface area contributed by atoms with E-state index in [1.807, 2.05) is 6.07 Å². The summed E-state index contributed by atoms with van der Waals surface area (Å²) in [4.78, 5) is 0. The zero-order chi connectivity index (χ0) is 10.8. The van der Waals surface area contributed by atoms with E-state index in [2.05, 4.69) is 54.9 Å². The van der Waals surface area contributed by atoms with Crippen LogP contribution in [0.5, 0.6) is 0 Å². The topological polar surface area (TPSA) is 23.8 Å². The fraction of sp³-hybridized carbons (Fsp3) is 0.417. The van der Waals surface area contributed by atoms with Crippen LogP contribution in [0.25, 0.3) is 0 Å². The molecule has 1 aromatic rings. The highest BCUT2D eigenvalue weighted by Gasteiger charge is 2.14. The van der Waals surface area contributed by atoms with Crippen molar-refractivity contribution in [2.45, 2.75) is 32.6 Å². The minimum atomic E-state index is 0.160. The van der Waals surface area contributed by atoms with Crippen LogP contribution in [0.2, 0.25) is 0 Å². The van der Waals surface area contributed by atoms with Gasteiger partial charge in [-0.15, -0.1) is 0 Å². The van der Waals surface area contributed by atoms with Crippen molar-refractivity contribution in [1.29, 1.82) is 5.26 Å². The van der Waals surface area contributed by atoms with Gasteiger partial charge in [-0.1, -0.05) is 48.8 Å². The third kappa shape index (κ3) is 2.59. The maximum Gasteiger partial charge on any atom is 0.0670 e. The van der Waals surface area contributed by atoms with E-state index in [4.69, 9.17) is 5.26 Å². The van der Waals surface area contributed by atoms with Crippen LogP contribution in [-0.4, -0.2) is 0 Å². The molecule has 0 radical (unpaired) electrons. The van der Waals surface area contributed by atoms with Crippen molar-refractivity contribution < 1.29 is 0 Å². The first-order valence-electron chi connectivity index (χ1n) is 4.61. The molecule has 0 aliphatic rings. The quantitative estimate of drug-likeness (QED) is 0.745. The zero-order valence-electron chi connectivity index (χ0n) is 8.76. The van der Waals surface area contributed by atoms with Gasteiger partial charge in [-0.2, -0.15) is 5.26 Å². The molecule has 14 heavy (non-hydrogen) atoms. The van der Waals surface area contributed by atoms with E-state index in [0.717, 1.165) is 10.0 Å². The summed E-state index contributed by atoms with van der Waals surface area (Å²) < 4.78 is 1.03. The molecule has 0 N–H and O–H groups in total. The van der Waals surface area contributed by atoms with Crippen molar-refractivity contribution in [2.75, 3.05) is 0 Å². The molecule has 0 aromatic heterocycles. The molecule has 2 heteroatoms. The van der Waals surface area contributed by atoms with E-state index < -0.39 is 0 Å². The summed E-state index contributed by atoms with van der Waals surface area (Å²) in [5.74, 6) is 0. The molecule has 0 spiro atoms. The van der Waals surface area contributed by atoms with Gasteiger partial charge in [0.2, 0.25) is 0 Å². The zero-order valence-corrected chi connectivity index (χ0v) is 10.4. The van der Waals surface area contributed by atoms with Gasteiger partial charge < -0.3 is 0 Å². The average Bonchev–Trinajstić information content (AvgIpc) is 2.07. The molecular weight excluding hydrogens is 238 g/mol. The lowest BCUT2D eigenvalue weighted by Crippen LogP contribution is -2.11. The third-order valence-corrected chi connectivity index (χ3v) is 2.93. The lowest BCUT2D eigenvalue weighted by atomic mass is 9.86. The van der Waals surface area contributed by atoms with Crippen molar-refractivity contribution in [2.24, 2.45) is 0 Å². The van der Waals surface area contributed by atoms with Crippen molar-refractivity contribution in [1.82, 2.24) is 0 Å². The van der Waals surface area contributed by atoms with Crippen molar-refractivity contribution in [3.8, 4) is 6.07 Å². The van der Waals surface area contributed by atoms with Crippen LogP contribution in [0.3, 0.4) is 0 Å². The summed E-state index contributed by atoms with van der Waals surface area (Å²) >= 11 is 3.49. The highest BCUT2D eigenvalue weighted by atomic mass is 79.9. The van der Waals surface area contributed by atoms with E-state index >= 15 is 0 Å². The maximum atomic E-state index is 8.60. The number of rotatable bonds is 1. The van der Waals surface area contributed by atoms with Crippen LogP contribution in [0, 0.1) is 11.3 Å². The van der Waals surface area contributed by atoms with Crippen molar-refractivity contribution in [3.63, 3.8) is 0 Å². The molecule has 74 valence electrons. The molecule has 0 heterocycles. The Morgan fingerprint density at radius 3 is 2.43 bits per heavy atom. The minimum absolute atomic E-state index is 0.160. The molecule has 0 saturated carbocycles. The summed E-state index contributed by atoms with van der Waals surface area (Å²) in [6.07, 6.45) is 0.463. The Labute approximate surface area is 93.9 Å². The van der Waals surface area contributed by atoms with Gasteiger partial charge in [0.25, 0.3) is 0 Å². The SMILES string of the molecule is CC(C)(C)c1ccc(CC#N)c(Br)c1. The van der Waals surface area contributed by atoms with Gasteiger partial charge in [0.1, 0.15) is 0 Å². The van der Waals surface area contributed by atoms with Crippen LogP contribution in [-0.2, 0) is 11.8 Å². The predicted molar refractivity (Wildman–Crippen MR) is 62.2 cm³/mol. The molecule has 1 aromatic carbocycles. The molecule has 0 aliphatic heterocycles. The highest BCUT2D eigenvalue weighted by Crippen LogP contribution is 2.27. The van der Waals surface area contributed by atoms with E-state index in [1.165, 1.54) is 5.56 Å². The second-order valence-corrected chi connectivity index (χ2v) is 5.25. The number of halogens is 1. The first kappa shape index (κ1) is 11.3. The Bertz CT molecular complexity index is 369. The number of nitrogens with zero attached hydrogens (tertiary/aromatic N) is 1. The molecule has 1 rings (SSSR count). The van der Waals surface area contributed by atoms with Gasteiger partial charge in [0.15, 0.2) is 0 Å². The van der Waals surface area contributed by atoms with Gasteiger partial charge >= 0.3 is 0 Å². The Kier molecular flexibility index (Phi) is 3.34. The maximum absolute atomic E-state index is 8.60. The fourth-order valence-corrected chi connectivity index (χ4v) is 1.76. The minimum Gasteiger partial charge on any atom is -0.198 e. The van der Waals surface area contributed by atoms with Gasteiger partial charge in [0.05, 0.1) is 12.5 Å². The molecule has 0 fully saturated rings. The van der Waals surface area contributed by atoms with Gasteiger partial charge in [-0.05, 0) is 22.6 Å². The lowest BCUT2D eigenvalue weighted by Gasteiger charge is -2.19. The Hall–Kier alpha value is -0.810. The van der Waals surface area contributed by atoms with E-state index in [1.54, 1.807) is 0 Å². The van der Waals surface area contributed by atoms with Crippen molar-refractivity contribution in [3.05, 3.63) is 33.8 Å². The summed E-state index contributed by atoms with van der Waals surface area (Å²) in [5.41, 5.74) is 2.50. The molecule has 0 saturated heterocycles. The number of benzene rings is 1. The van der Waals surface area contributed by atoms with Crippen LogP contribution < -0.4 is 0 Å². The Morgan fingerprint density at radius 2 is 2.00 bits per heavy atom. The van der Waals surface area contributed by atoms with Crippen LogP contribution in [0.15, 0.2) is 22.7 Å². The smallest absolute Gasteiger partial charge is 0.0670 e. The second kappa shape index (κ2) is 4.14. The van der Waals surface area contributed by atoms with Crippen LogP contribution in [0.4, 0.5) is 0 Å². The third-order valence-electron chi connectivity index (χ3n) is 2.19. The molecular formula is C12H14BrN. The van der Waals surface area contributed by atoms with Gasteiger partial charge in [-0.3, -0.25) is 0 Å². The van der Waals surface area contributed by atoms with E-state index in [9.17, 15) is 0 Å². The monoisotopic (exact) mass is 251 g/mol. The Morgan fingerprint density at radius 1 is 1.36 bits per heavy atom. The number of hydrogen-bond donors (Lipinski definition) is 0. The molecule has 0 unspecified atom stereocenters. The highest BCUT2D eigenvalue weighted by molar-refractivity contribution is 9.10. The van der Waals surface area contributed by atoms with Crippen molar-refractivity contribution >= 4 is 15.9 Å². The first-order chi connectivity index (χ1) is 6.45. The molecule has 1 nitrogen and oxygen atoms in total. The first-order valence-corrected chi connectivity index (χ1v) is 5.40. The average molecular weight is 252 g/mol. The summed E-state index contributed by atoms with van der Waals surface area (Å²) in [5, 5.41) is 8.60. The molecule has 0 atom stereocenters. The lowest BCUT2D eigenvalue weighted by molar-refractivity contribution is 0.589. The molecule has 0 bridgehead atoms. The van der Waals surface area contributed by atoms with Gasteiger partial charge in [0, 0.05) is 4.47 Å². The Balaban J connectivity index is 3.08. The number of hydrogen-bond acceptors (Lipinski definition) is 1. The molecule has 0 aliphatic carbocycles. The standard InChI is InChI=1S/C12H14BrN/c1-12(2,3)10-5-4-9(6-7-14)11(13)8-10/h4-5,8H,6H2,1-3H3. The summed E-state index contributed by atoms with van der Waals surface area (Å²) in [6.45, 7) is 6.54. The predicted octanol–water partition coefficient (Wildman–Crippen LogP) is 3.81. The normalized spacial score (nSPS) is 11.1. The summed E-state index contributed by atoms with van der Waals surface area (Å²) in [6, 6.07) is 8.37.